The molecule has 12 heavy (non-hydrogen) atoms. The summed E-state index contributed by atoms with van der Waals surface area (Å²) >= 11 is 0. The van der Waals surface area contributed by atoms with E-state index in [0.717, 1.165) is 0 Å². The molecule has 6 N–H and O–H groups in total. The molecule has 0 aromatic rings. The van der Waals surface area contributed by atoms with E-state index >= 15 is 0 Å². The molecule has 0 aliphatic heterocycles. The Morgan fingerprint density at radius 3 is 0.333 bits per heavy atom. The van der Waals surface area contributed by atoms with Gasteiger partial charge in [0.2, 0.25) is 0 Å². The van der Waals surface area contributed by atoms with Crippen LogP contribution in [0.3, 0.4) is 0 Å². The van der Waals surface area contributed by atoms with Crippen LogP contribution in [0.25, 0.3) is 0 Å². The van der Waals surface area contributed by atoms with Crippen LogP contribution in [0.1, 0.15) is 0 Å². The molecule has 12 heteroatoms. The van der Waals surface area contributed by atoms with Crippen LogP contribution >= 0.6 is 0 Å². The Balaban J connectivity index is 0. The minimum absolute atomic E-state index is 0. The van der Waals surface area contributed by atoms with E-state index in [1.54, 1.807) is 0 Å². The second kappa shape index (κ2) is 230. The van der Waals surface area contributed by atoms with Crippen LogP contribution in [0.4, 0.5) is 0 Å². The fourth-order valence-corrected chi connectivity index (χ4v) is 0. The van der Waals surface area contributed by atoms with Crippen LogP contribution in [0.15, 0.2) is 0 Å². The molecule has 0 radical (unpaired) electrons. The van der Waals surface area contributed by atoms with Gasteiger partial charge in [0.25, 0.3) is 0 Å². The van der Waals surface area contributed by atoms with E-state index in [-0.39, 0.29) is 147 Å². The van der Waals surface area contributed by atoms with Crippen LogP contribution in [0, 0.1) is 0 Å². The third kappa shape index (κ3) is 183. The van der Waals surface area contributed by atoms with Gasteiger partial charge in [-0.15, -0.1) is 0 Å². The second-order valence-electron chi connectivity index (χ2n) is 0. The van der Waals surface area contributed by atoms with Crippen molar-refractivity contribution in [1.29, 1.82) is 0 Å². The monoisotopic (exact) mass is 416 g/mol. The number of rotatable bonds is 0. The minimum atomic E-state index is 0. The molecule has 0 spiro atoms. The van der Waals surface area contributed by atoms with Gasteiger partial charge in [0.1, 0.15) is 0 Å². The average Bonchev–Trinajstić information content (AvgIpc) is 0. The molecule has 0 aromatic heterocycles. The maximum absolute atomic E-state index is 0. The first-order valence-electron chi connectivity index (χ1n) is 0. The van der Waals surface area contributed by atoms with Gasteiger partial charge >= 0.3 is 43.6 Å². The third-order valence-corrected chi connectivity index (χ3v) is 0. The molecule has 0 aromatic carbocycles. The Kier molecular flexibility index (Phi) is 5450. The molecule has 0 aliphatic carbocycles. The maximum Gasteiger partial charge on any atom is 4.00 e. The Hall–Kier alpha value is 3.33. The van der Waals surface area contributed by atoms with E-state index < -0.39 is 0 Å². The molecule has 0 amide bonds. The van der Waals surface area contributed by atoms with Crippen LogP contribution in [0.5, 0.6) is 0 Å². The van der Waals surface area contributed by atoms with Crippen LogP contribution < -0.4 is 86.8 Å². The molecule has 0 saturated carbocycles. The first kappa shape index (κ1) is 284. The topological polar surface area (TPSA) is 94.5 Å². The Labute approximate surface area is 145 Å². The van der Waals surface area contributed by atoms with Gasteiger partial charge < -0.3 is 103 Å². The molecule has 0 unspecified atom stereocenters. The van der Waals surface area contributed by atoms with Crippen molar-refractivity contribution in [2.75, 3.05) is 0 Å². The SMILES string of the molecule is O.O.O.[Al+3].[Cl-].[Cl-].[Cl-].[Cl-].[Cl-].[Cl-].[Cl-].[Zr+4]. The van der Waals surface area contributed by atoms with Gasteiger partial charge in [0, 0.05) is 0 Å². The van der Waals surface area contributed by atoms with Crippen molar-refractivity contribution in [3.8, 4) is 0 Å². The summed E-state index contributed by atoms with van der Waals surface area (Å²) in [7, 11) is 0. The Morgan fingerprint density at radius 1 is 0.333 bits per heavy atom. The summed E-state index contributed by atoms with van der Waals surface area (Å²) in [5.41, 5.74) is 0. The normalized spacial score (nSPS) is 0. The van der Waals surface area contributed by atoms with E-state index in [9.17, 15) is 0 Å². The summed E-state index contributed by atoms with van der Waals surface area (Å²) in [4.78, 5) is 0. The summed E-state index contributed by atoms with van der Waals surface area (Å²) in [5, 5.41) is 0. The number of hydrogen-bond acceptors (Lipinski definition) is 0. The van der Waals surface area contributed by atoms with Gasteiger partial charge in [-0.2, -0.15) is 0 Å². The molecule has 0 bridgehead atoms. The maximum atomic E-state index is 0. The van der Waals surface area contributed by atoms with E-state index in [2.05, 4.69) is 0 Å². The zero-order valence-corrected chi connectivity index (χ0v) is 14.1. The number of halogens is 7. The quantitative estimate of drug-likeness (QED) is 0.348. The van der Waals surface area contributed by atoms with Crippen molar-refractivity contribution in [2.24, 2.45) is 0 Å². The van der Waals surface area contributed by atoms with Crippen molar-refractivity contribution >= 4 is 17.4 Å². The van der Waals surface area contributed by atoms with E-state index in [4.69, 9.17) is 0 Å². The van der Waals surface area contributed by atoms with Crippen LogP contribution in [-0.4, -0.2) is 33.8 Å². The summed E-state index contributed by atoms with van der Waals surface area (Å²) in [5.74, 6) is 0. The van der Waals surface area contributed by atoms with Gasteiger partial charge in [-0.25, -0.2) is 0 Å². The Morgan fingerprint density at radius 2 is 0.333 bits per heavy atom. The van der Waals surface area contributed by atoms with Crippen LogP contribution in [0.2, 0.25) is 0 Å². The van der Waals surface area contributed by atoms with Gasteiger partial charge in [0.15, 0.2) is 0 Å². The van der Waals surface area contributed by atoms with Gasteiger partial charge in [-0.1, -0.05) is 0 Å². The summed E-state index contributed by atoms with van der Waals surface area (Å²) < 4.78 is 0. The minimum Gasteiger partial charge on any atom is -1.00 e. The molecular formula is H6AlCl7O3Zr. The first-order chi connectivity index (χ1) is 0. The van der Waals surface area contributed by atoms with Crippen molar-refractivity contribution in [2.45, 2.75) is 0 Å². The second-order valence-corrected chi connectivity index (χ2v) is 0. The molecule has 0 atom stereocenters. The van der Waals surface area contributed by atoms with Crippen molar-refractivity contribution in [3.05, 3.63) is 0 Å². The van der Waals surface area contributed by atoms with Crippen molar-refractivity contribution < 1.29 is 129 Å². The summed E-state index contributed by atoms with van der Waals surface area (Å²) in [6, 6.07) is 0. The molecule has 0 rings (SSSR count). The molecule has 0 aliphatic rings. The zero-order valence-electron chi connectivity index (χ0n) is 5.22. The predicted octanol–water partition coefficient (Wildman–Crippen LogP) is -23.8. The molecule has 0 heterocycles. The third-order valence-electron chi connectivity index (χ3n) is 0. The smallest absolute Gasteiger partial charge is 1.00 e. The zero-order chi connectivity index (χ0) is 0. The van der Waals surface area contributed by atoms with E-state index in [1.807, 2.05) is 0 Å². The average molecular weight is 420 g/mol. The standard InChI is InChI=1S/Al.7ClH.3H2O.Zr/h;7*1H;3*1H2;/q+3;;;;;;;;;;;+4/p-7. The van der Waals surface area contributed by atoms with E-state index in [0.29, 0.717) is 0 Å². The fourth-order valence-electron chi connectivity index (χ4n) is 0. The van der Waals surface area contributed by atoms with Gasteiger partial charge in [-0.3, -0.25) is 0 Å². The molecule has 3 nitrogen and oxygen atoms in total. The van der Waals surface area contributed by atoms with E-state index in [1.165, 1.54) is 0 Å². The molecule has 0 saturated heterocycles. The van der Waals surface area contributed by atoms with Crippen LogP contribution in [-0.2, 0) is 26.2 Å². The van der Waals surface area contributed by atoms with Crippen molar-refractivity contribution in [3.63, 3.8) is 0 Å². The van der Waals surface area contributed by atoms with Gasteiger partial charge in [0.05, 0.1) is 0 Å². The Bertz CT molecular complexity index is 18.6. The van der Waals surface area contributed by atoms with Crippen molar-refractivity contribution in [1.82, 2.24) is 0 Å². The largest absolute Gasteiger partial charge is 4.00 e. The number of hydrogen-bond donors (Lipinski definition) is 0. The molecular weight excluding hydrogens is 414 g/mol. The summed E-state index contributed by atoms with van der Waals surface area (Å²) in [6.07, 6.45) is 0. The predicted molar refractivity (Wildman–Crippen MR) is 16.6 cm³/mol. The fraction of sp³-hybridized carbons (Fsp3) is 0. The molecule has 80 valence electrons. The van der Waals surface area contributed by atoms with Gasteiger partial charge in [-0.05, 0) is 0 Å². The first-order valence-corrected chi connectivity index (χ1v) is 0. The molecule has 0 fully saturated rings. The summed E-state index contributed by atoms with van der Waals surface area (Å²) in [6.45, 7) is 0.